The first-order valence-corrected chi connectivity index (χ1v) is 8.19. The highest BCUT2D eigenvalue weighted by atomic mass is 16.4. The van der Waals surface area contributed by atoms with E-state index in [2.05, 4.69) is 29.0 Å². The molecule has 0 fully saturated rings. The molecule has 1 amide bonds. The highest BCUT2D eigenvalue weighted by Crippen LogP contribution is 2.21. The molecule has 124 valence electrons. The summed E-state index contributed by atoms with van der Waals surface area (Å²) in [6, 6.07) is 0. The summed E-state index contributed by atoms with van der Waals surface area (Å²) in [5.74, 6) is 2.53. The Labute approximate surface area is 135 Å². The summed E-state index contributed by atoms with van der Waals surface area (Å²) >= 11 is 0. The number of aromatic nitrogens is 4. The van der Waals surface area contributed by atoms with Crippen molar-refractivity contribution in [2.24, 2.45) is 5.92 Å². The number of aryl methyl sites for hydroxylation is 2. The lowest BCUT2D eigenvalue weighted by Gasteiger charge is -2.25. The van der Waals surface area contributed by atoms with E-state index in [0.29, 0.717) is 32.0 Å². The summed E-state index contributed by atoms with van der Waals surface area (Å²) in [4.78, 5) is 18.8. The number of carbonyl (C=O) groups excluding carboxylic acids is 1. The van der Waals surface area contributed by atoms with E-state index < -0.39 is 0 Å². The second kappa shape index (κ2) is 6.93. The first-order valence-electron chi connectivity index (χ1n) is 8.19. The molecular weight excluding hydrogens is 294 g/mol. The molecule has 0 aromatic carbocycles. The maximum atomic E-state index is 12.3. The maximum absolute atomic E-state index is 12.3. The van der Waals surface area contributed by atoms with Gasteiger partial charge in [0.15, 0.2) is 5.89 Å². The van der Waals surface area contributed by atoms with Gasteiger partial charge in [-0.1, -0.05) is 13.8 Å². The fraction of sp³-hybridized carbons (Fsp3) is 0.625. The summed E-state index contributed by atoms with van der Waals surface area (Å²) < 4.78 is 7.65. The molecule has 0 spiro atoms. The smallest absolute Gasteiger partial charge is 0.224 e. The van der Waals surface area contributed by atoms with Crippen molar-refractivity contribution in [3.63, 3.8) is 0 Å². The monoisotopic (exact) mass is 317 g/mol. The zero-order valence-electron chi connectivity index (χ0n) is 13.7. The van der Waals surface area contributed by atoms with Gasteiger partial charge >= 0.3 is 0 Å². The zero-order chi connectivity index (χ0) is 16.2. The Morgan fingerprint density at radius 2 is 2.13 bits per heavy atom. The van der Waals surface area contributed by atoms with Crippen LogP contribution >= 0.6 is 0 Å². The van der Waals surface area contributed by atoms with E-state index in [4.69, 9.17) is 4.42 Å². The van der Waals surface area contributed by atoms with Gasteiger partial charge in [0.25, 0.3) is 0 Å². The van der Waals surface area contributed by atoms with Crippen LogP contribution in [0, 0.1) is 5.92 Å². The lowest BCUT2D eigenvalue weighted by Crippen LogP contribution is -2.36. The number of rotatable bonds is 6. The summed E-state index contributed by atoms with van der Waals surface area (Å²) in [7, 11) is 0. The van der Waals surface area contributed by atoms with Crippen molar-refractivity contribution in [1.82, 2.24) is 24.6 Å². The average molecular weight is 317 g/mol. The number of hydrogen-bond donors (Lipinski definition) is 0. The minimum absolute atomic E-state index is 0.135. The molecule has 23 heavy (non-hydrogen) atoms. The molecule has 1 aliphatic heterocycles. The van der Waals surface area contributed by atoms with Crippen LogP contribution in [0.4, 0.5) is 0 Å². The highest BCUT2D eigenvalue weighted by Gasteiger charge is 2.25. The first kappa shape index (κ1) is 15.7. The molecule has 3 heterocycles. The van der Waals surface area contributed by atoms with E-state index in [1.807, 2.05) is 9.47 Å². The van der Waals surface area contributed by atoms with Crippen molar-refractivity contribution in [1.29, 1.82) is 0 Å². The normalized spacial score (nSPS) is 14.3. The van der Waals surface area contributed by atoms with Crippen LogP contribution in [-0.2, 0) is 30.7 Å². The van der Waals surface area contributed by atoms with Crippen LogP contribution in [0.3, 0.4) is 0 Å². The highest BCUT2D eigenvalue weighted by molar-refractivity contribution is 5.76. The Kier molecular flexibility index (Phi) is 4.73. The Bertz CT molecular complexity index is 647. The van der Waals surface area contributed by atoms with Crippen LogP contribution in [0.15, 0.2) is 17.1 Å². The summed E-state index contributed by atoms with van der Waals surface area (Å²) in [6.45, 7) is 6.25. The van der Waals surface area contributed by atoms with Gasteiger partial charge in [-0.2, -0.15) is 0 Å². The molecule has 3 rings (SSSR count). The molecule has 7 heteroatoms. The van der Waals surface area contributed by atoms with Gasteiger partial charge in [0, 0.05) is 32.4 Å². The van der Waals surface area contributed by atoms with Crippen LogP contribution in [0.5, 0.6) is 0 Å². The number of fused-ring (bicyclic) bond motifs is 1. The first-order chi connectivity index (χ1) is 11.1. The molecule has 0 N–H and O–H groups in total. The van der Waals surface area contributed by atoms with E-state index in [9.17, 15) is 4.79 Å². The number of hydrogen-bond acceptors (Lipinski definition) is 5. The Hall–Kier alpha value is -2.18. The molecule has 1 aliphatic rings. The minimum Gasteiger partial charge on any atom is -0.445 e. The maximum Gasteiger partial charge on any atom is 0.224 e. The molecule has 0 saturated heterocycles. The van der Waals surface area contributed by atoms with Crippen molar-refractivity contribution in [3.8, 4) is 0 Å². The Morgan fingerprint density at radius 1 is 1.35 bits per heavy atom. The predicted octanol–water partition coefficient (Wildman–Crippen LogP) is 1.83. The molecule has 2 aromatic heterocycles. The van der Waals surface area contributed by atoms with Crippen molar-refractivity contribution in [3.05, 3.63) is 30.0 Å². The van der Waals surface area contributed by atoms with Crippen LogP contribution in [0.2, 0.25) is 0 Å². The van der Waals surface area contributed by atoms with Crippen molar-refractivity contribution in [2.75, 3.05) is 6.54 Å². The number of nitrogens with zero attached hydrogens (tertiary/aromatic N) is 5. The third kappa shape index (κ3) is 3.97. The third-order valence-corrected chi connectivity index (χ3v) is 4.11. The summed E-state index contributed by atoms with van der Waals surface area (Å²) in [6.07, 6.45) is 6.39. The van der Waals surface area contributed by atoms with E-state index in [-0.39, 0.29) is 5.91 Å². The number of carbonyl (C=O) groups is 1. The van der Waals surface area contributed by atoms with Crippen LogP contribution in [0.1, 0.15) is 44.0 Å². The van der Waals surface area contributed by atoms with Gasteiger partial charge in [-0.25, -0.2) is 4.98 Å². The SMILES string of the molecule is CC(C)CCc1nc2c(o1)CCN(C(=O)CCn1cnnc1)C2. The zero-order valence-corrected chi connectivity index (χ0v) is 13.7. The largest absolute Gasteiger partial charge is 0.445 e. The van der Waals surface area contributed by atoms with Gasteiger partial charge in [0.2, 0.25) is 5.91 Å². The van der Waals surface area contributed by atoms with Crippen LogP contribution in [-0.4, -0.2) is 37.1 Å². The Morgan fingerprint density at radius 3 is 2.87 bits per heavy atom. The third-order valence-electron chi connectivity index (χ3n) is 4.11. The molecule has 0 saturated carbocycles. The quantitative estimate of drug-likeness (QED) is 0.812. The van der Waals surface area contributed by atoms with E-state index in [1.54, 1.807) is 12.7 Å². The van der Waals surface area contributed by atoms with E-state index in [0.717, 1.165) is 36.6 Å². The Balaban J connectivity index is 1.55. The summed E-state index contributed by atoms with van der Waals surface area (Å²) in [5.41, 5.74) is 0.924. The van der Waals surface area contributed by atoms with Crippen LogP contribution < -0.4 is 0 Å². The molecule has 2 aromatic rings. The second-order valence-electron chi connectivity index (χ2n) is 6.42. The summed E-state index contributed by atoms with van der Waals surface area (Å²) in [5, 5.41) is 7.48. The van der Waals surface area contributed by atoms with E-state index >= 15 is 0 Å². The van der Waals surface area contributed by atoms with Crippen molar-refractivity contribution in [2.45, 2.75) is 52.6 Å². The number of oxazole rings is 1. The minimum atomic E-state index is 0.135. The van der Waals surface area contributed by atoms with Gasteiger partial charge in [-0.15, -0.1) is 10.2 Å². The lowest BCUT2D eigenvalue weighted by atomic mass is 10.1. The van der Waals surface area contributed by atoms with Gasteiger partial charge in [-0.3, -0.25) is 4.79 Å². The second-order valence-corrected chi connectivity index (χ2v) is 6.42. The van der Waals surface area contributed by atoms with Gasteiger partial charge in [0.1, 0.15) is 24.1 Å². The molecule has 0 radical (unpaired) electrons. The molecular formula is C16H23N5O2. The van der Waals surface area contributed by atoms with Crippen molar-refractivity contribution < 1.29 is 9.21 Å². The number of amides is 1. The van der Waals surface area contributed by atoms with Crippen LogP contribution in [0.25, 0.3) is 0 Å². The van der Waals surface area contributed by atoms with Gasteiger partial charge < -0.3 is 13.9 Å². The fourth-order valence-corrected chi connectivity index (χ4v) is 2.70. The van der Waals surface area contributed by atoms with Gasteiger partial charge in [0.05, 0.1) is 6.54 Å². The molecule has 0 aliphatic carbocycles. The molecule has 0 unspecified atom stereocenters. The standard InChI is InChI=1S/C16H23N5O2/c1-12(2)3-4-15-19-13-9-21(8-5-14(13)23-15)16(22)6-7-20-10-17-18-11-20/h10-12H,3-9H2,1-2H3. The predicted molar refractivity (Wildman–Crippen MR) is 83.4 cm³/mol. The lowest BCUT2D eigenvalue weighted by molar-refractivity contribution is -0.132. The molecule has 7 nitrogen and oxygen atoms in total. The molecule has 0 atom stereocenters. The molecule has 0 bridgehead atoms. The van der Waals surface area contributed by atoms with Crippen molar-refractivity contribution >= 4 is 5.91 Å². The average Bonchev–Trinajstić information content (AvgIpc) is 3.18. The fourth-order valence-electron chi connectivity index (χ4n) is 2.70. The van der Waals surface area contributed by atoms with Gasteiger partial charge in [-0.05, 0) is 12.3 Å². The topological polar surface area (TPSA) is 77.0 Å². The van der Waals surface area contributed by atoms with E-state index in [1.165, 1.54) is 0 Å².